The molecule has 0 bridgehead atoms. The maximum absolute atomic E-state index is 12.4. The SMILES string of the molecule is COc1cc(C(F)F)nc(CN)c1CO. The van der Waals surface area contributed by atoms with Crippen molar-refractivity contribution in [1.29, 1.82) is 0 Å². The predicted molar refractivity (Wildman–Crippen MR) is 49.6 cm³/mol. The smallest absolute Gasteiger partial charge is 0.280 e. The number of aliphatic hydroxyl groups is 1. The molecule has 0 aliphatic heterocycles. The third-order valence-corrected chi connectivity index (χ3v) is 1.98. The van der Waals surface area contributed by atoms with Gasteiger partial charge in [-0.2, -0.15) is 0 Å². The van der Waals surface area contributed by atoms with Gasteiger partial charge in [0.15, 0.2) is 0 Å². The zero-order valence-corrected chi connectivity index (χ0v) is 8.20. The lowest BCUT2D eigenvalue weighted by molar-refractivity contribution is 0.145. The highest BCUT2D eigenvalue weighted by molar-refractivity contribution is 5.38. The van der Waals surface area contributed by atoms with Gasteiger partial charge in [-0.1, -0.05) is 0 Å². The summed E-state index contributed by atoms with van der Waals surface area (Å²) in [6.45, 7) is -0.362. The number of rotatable bonds is 4. The largest absolute Gasteiger partial charge is 0.496 e. The van der Waals surface area contributed by atoms with Crippen molar-refractivity contribution in [2.45, 2.75) is 19.6 Å². The van der Waals surface area contributed by atoms with Crippen LogP contribution in [0.2, 0.25) is 0 Å². The average molecular weight is 218 g/mol. The van der Waals surface area contributed by atoms with Gasteiger partial charge < -0.3 is 15.6 Å². The molecule has 0 fully saturated rings. The summed E-state index contributed by atoms with van der Waals surface area (Å²) in [5.41, 5.74) is 5.53. The Kier molecular flexibility index (Phi) is 3.93. The molecule has 0 aliphatic carbocycles. The van der Waals surface area contributed by atoms with Gasteiger partial charge in [0, 0.05) is 18.2 Å². The molecule has 15 heavy (non-hydrogen) atoms. The van der Waals surface area contributed by atoms with Crippen molar-refractivity contribution in [3.05, 3.63) is 23.0 Å². The van der Waals surface area contributed by atoms with Crippen LogP contribution in [0.25, 0.3) is 0 Å². The van der Waals surface area contributed by atoms with E-state index in [4.69, 9.17) is 15.6 Å². The Balaban J connectivity index is 3.29. The minimum absolute atomic E-state index is 0.0210. The second-order valence-electron chi connectivity index (χ2n) is 2.84. The van der Waals surface area contributed by atoms with E-state index in [0.717, 1.165) is 6.07 Å². The summed E-state index contributed by atoms with van der Waals surface area (Å²) in [6, 6.07) is 1.11. The summed E-state index contributed by atoms with van der Waals surface area (Å²) in [7, 11) is 1.34. The Morgan fingerprint density at radius 2 is 2.27 bits per heavy atom. The number of hydrogen-bond acceptors (Lipinski definition) is 4. The standard InChI is InChI=1S/C9H12F2N2O2/c1-15-8-2-6(9(10)11)13-7(3-12)5(8)4-14/h2,9,14H,3-4,12H2,1H3. The number of aromatic nitrogens is 1. The summed E-state index contributed by atoms with van der Waals surface area (Å²) >= 11 is 0. The third-order valence-electron chi connectivity index (χ3n) is 1.98. The zero-order chi connectivity index (χ0) is 11.4. The third kappa shape index (κ3) is 2.40. The van der Waals surface area contributed by atoms with Crippen LogP contribution >= 0.6 is 0 Å². The van der Waals surface area contributed by atoms with Gasteiger partial charge in [-0.3, -0.25) is 0 Å². The molecule has 3 N–H and O–H groups in total. The van der Waals surface area contributed by atoms with Gasteiger partial charge >= 0.3 is 0 Å². The molecule has 0 saturated carbocycles. The van der Waals surface area contributed by atoms with Crippen LogP contribution in [0, 0.1) is 0 Å². The van der Waals surface area contributed by atoms with Gasteiger partial charge in [-0.25, -0.2) is 13.8 Å². The van der Waals surface area contributed by atoms with Crippen LogP contribution < -0.4 is 10.5 Å². The number of hydrogen-bond donors (Lipinski definition) is 2. The molecule has 1 heterocycles. The van der Waals surface area contributed by atoms with E-state index in [1.807, 2.05) is 0 Å². The molecule has 1 aromatic heterocycles. The van der Waals surface area contributed by atoms with E-state index in [0.29, 0.717) is 5.56 Å². The molecule has 1 aromatic rings. The molecule has 0 amide bonds. The number of aliphatic hydroxyl groups excluding tert-OH is 1. The monoisotopic (exact) mass is 218 g/mol. The number of nitrogens with zero attached hydrogens (tertiary/aromatic N) is 1. The van der Waals surface area contributed by atoms with Crippen LogP contribution in [0.3, 0.4) is 0 Å². The Morgan fingerprint density at radius 3 is 2.67 bits per heavy atom. The number of alkyl halides is 2. The molecule has 84 valence electrons. The minimum Gasteiger partial charge on any atom is -0.496 e. The van der Waals surface area contributed by atoms with Gasteiger partial charge in [0.2, 0.25) is 0 Å². The highest BCUT2D eigenvalue weighted by atomic mass is 19.3. The van der Waals surface area contributed by atoms with E-state index < -0.39 is 12.1 Å². The van der Waals surface area contributed by atoms with Crippen LogP contribution in [-0.4, -0.2) is 17.2 Å². The minimum atomic E-state index is -2.68. The van der Waals surface area contributed by atoms with Crippen molar-refractivity contribution < 1.29 is 18.6 Å². The highest BCUT2D eigenvalue weighted by Gasteiger charge is 2.16. The summed E-state index contributed by atoms with van der Waals surface area (Å²) in [5.74, 6) is 0.184. The van der Waals surface area contributed by atoms with E-state index in [9.17, 15) is 8.78 Å². The number of pyridine rings is 1. The number of nitrogens with two attached hydrogens (primary N) is 1. The first-order valence-corrected chi connectivity index (χ1v) is 4.29. The molecular weight excluding hydrogens is 206 g/mol. The Hall–Kier alpha value is -1.27. The van der Waals surface area contributed by atoms with Crippen LogP contribution in [-0.2, 0) is 13.2 Å². The fraction of sp³-hybridized carbons (Fsp3) is 0.444. The van der Waals surface area contributed by atoms with Crippen LogP contribution in [0.5, 0.6) is 5.75 Å². The molecule has 0 aliphatic rings. The highest BCUT2D eigenvalue weighted by Crippen LogP contribution is 2.27. The number of ether oxygens (including phenoxy) is 1. The van der Waals surface area contributed by atoms with E-state index in [-0.39, 0.29) is 24.6 Å². The molecule has 0 aromatic carbocycles. The first kappa shape index (κ1) is 11.8. The first-order valence-electron chi connectivity index (χ1n) is 4.29. The van der Waals surface area contributed by atoms with Gasteiger partial charge in [-0.05, 0) is 0 Å². The molecule has 6 heteroatoms. The van der Waals surface area contributed by atoms with Crippen LogP contribution in [0.4, 0.5) is 8.78 Å². The number of methoxy groups -OCH3 is 1. The summed E-state index contributed by atoms with van der Waals surface area (Å²) in [6.07, 6.45) is -2.68. The van der Waals surface area contributed by atoms with E-state index in [2.05, 4.69) is 4.98 Å². The zero-order valence-electron chi connectivity index (χ0n) is 8.20. The summed E-state index contributed by atoms with van der Waals surface area (Å²) < 4.78 is 29.7. The van der Waals surface area contributed by atoms with Crippen molar-refractivity contribution in [2.24, 2.45) is 5.73 Å². The van der Waals surface area contributed by atoms with Crippen molar-refractivity contribution in [1.82, 2.24) is 4.98 Å². The van der Waals surface area contributed by atoms with E-state index in [1.165, 1.54) is 7.11 Å². The van der Waals surface area contributed by atoms with Crippen molar-refractivity contribution in [3.8, 4) is 5.75 Å². The van der Waals surface area contributed by atoms with E-state index >= 15 is 0 Å². The van der Waals surface area contributed by atoms with Crippen LogP contribution in [0.15, 0.2) is 6.07 Å². The predicted octanol–water partition coefficient (Wildman–Crippen LogP) is 0.979. The van der Waals surface area contributed by atoms with Gasteiger partial charge in [-0.15, -0.1) is 0 Å². The second kappa shape index (κ2) is 4.99. The maximum Gasteiger partial charge on any atom is 0.280 e. The van der Waals surface area contributed by atoms with Gasteiger partial charge in [0.1, 0.15) is 11.4 Å². The lowest BCUT2D eigenvalue weighted by Gasteiger charge is -2.12. The van der Waals surface area contributed by atoms with Crippen molar-refractivity contribution in [2.75, 3.05) is 7.11 Å². The molecule has 0 saturated heterocycles. The molecular formula is C9H12F2N2O2. The number of halogens is 2. The fourth-order valence-corrected chi connectivity index (χ4v) is 1.25. The Labute approximate surface area is 85.7 Å². The summed E-state index contributed by atoms with van der Waals surface area (Å²) in [4.78, 5) is 3.66. The van der Waals surface area contributed by atoms with Crippen molar-refractivity contribution >= 4 is 0 Å². The normalized spacial score (nSPS) is 10.8. The molecule has 1 rings (SSSR count). The second-order valence-corrected chi connectivity index (χ2v) is 2.84. The van der Waals surface area contributed by atoms with Gasteiger partial charge in [0.25, 0.3) is 6.43 Å². The fourth-order valence-electron chi connectivity index (χ4n) is 1.25. The molecule has 0 radical (unpaired) electrons. The quantitative estimate of drug-likeness (QED) is 0.790. The lowest BCUT2D eigenvalue weighted by atomic mass is 10.1. The maximum atomic E-state index is 12.4. The lowest BCUT2D eigenvalue weighted by Crippen LogP contribution is -2.09. The van der Waals surface area contributed by atoms with Crippen LogP contribution in [0.1, 0.15) is 23.4 Å². The first-order chi connectivity index (χ1) is 7.13. The average Bonchev–Trinajstić information content (AvgIpc) is 2.26. The molecule has 4 nitrogen and oxygen atoms in total. The topological polar surface area (TPSA) is 68.4 Å². The molecule has 0 atom stereocenters. The Morgan fingerprint density at radius 1 is 1.60 bits per heavy atom. The molecule has 0 spiro atoms. The van der Waals surface area contributed by atoms with E-state index in [1.54, 1.807) is 0 Å². The summed E-state index contributed by atoms with van der Waals surface area (Å²) in [5, 5.41) is 9.03. The van der Waals surface area contributed by atoms with Crippen molar-refractivity contribution in [3.63, 3.8) is 0 Å². The molecule has 0 unspecified atom stereocenters. The Bertz CT molecular complexity index is 320. The van der Waals surface area contributed by atoms with Gasteiger partial charge in [0.05, 0.1) is 19.4 Å².